The minimum Gasteiger partial charge on any atom is -0.300 e. The number of alkyl halides is 3. The number of rotatable bonds is 2. The summed E-state index contributed by atoms with van der Waals surface area (Å²) in [5.41, 5.74) is -1.22. The summed E-state index contributed by atoms with van der Waals surface area (Å²) in [6.07, 6.45) is -4.82. The molecule has 0 amide bonds. The molecule has 1 unspecified atom stereocenters. The van der Waals surface area contributed by atoms with Crippen LogP contribution in [0.1, 0.15) is 30.4 Å². The molecule has 1 aliphatic heterocycles. The second-order valence-electron chi connectivity index (χ2n) is 4.60. The third-order valence-corrected chi connectivity index (χ3v) is 4.94. The van der Waals surface area contributed by atoms with E-state index in [4.69, 9.17) is 0 Å². The highest BCUT2D eigenvalue weighted by Crippen LogP contribution is 2.44. The molecule has 19 heavy (non-hydrogen) atoms. The van der Waals surface area contributed by atoms with Crippen molar-refractivity contribution in [3.63, 3.8) is 0 Å². The standard InChI is InChI=1S/C12H11F3O3S/c1-7(16)5-8-6-19(17,18)10-4-2-3-9(11(8)10)12(13,14)15/h2-4,8H,5-6H2,1H3. The average Bonchev–Trinajstić information content (AvgIpc) is 2.48. The van der Waals surface area contributed by atoms with Crippen molar-refractivity contribution < 1.29 is 26.4 Å². The molecule has 0 radical (unpaired) electrons. The van der Waals surface area contributed by atoms with E-state index in [0.29, 0.717) is 0 Å². The number of benzene rings is 1. The van der Waals surface area contributed by atoms with Gasteiger partial charge in [0.2, 0.25) is 0 Å². The summed E-state index contributed by atoms with van der Waals surface area (Å²) in [6, 6.07) is 3.10. The quantitative estimate of drug-likeness (QED) is 0.841. The number of carbonyl (C=O) groups excluding carboxylic acids is 1. The van der Waals surface area contributed by atoms with Gasteiger partial charge in [-0.1, -0.05) is 6.07 Å². The van der Waals surface area contributed by atoms with Crippen LogP contribution >= 0.6 is 0 Å². The minimum absolute atomic E-state index is 0.195. The van der Waals surface area contributed by atoms with E-state index in [1.54, 1.807) is 0 Å². The first-order valence-corrected chi connectivity index (χ1v) is 7.20. The summed E-state index contributed by atoms with van der Waals surface area (Å²) in [5.74, 6) is -1.67. The molecular weight excluding hydrogens is 281 g/mol. The normalized spacial score (nSPS) is 21.2. The molecule has 3 nitrogen and oxygen atoms in total. The van der Waals surface area contributed by atoms with Crippen LogP contribution in [0.5, 0.6) is 0 Å². The number of sulfone groups is 1. The molecule has 1 atom stereocenters. The maximum atomic E-state index is 12.9. The third-order valence-electron chi connectivity index (χ3n) is 3.07. The number of hydrogen-bond donors (Lipinski definition) is 0. The van der Waals surface area contributed by atoms with Gasteiger partial charge in [0, 0.05) is 12.3 Å². The Bertz CT molecular complexity index is 632. The smallest absolute Gasteiger partial charge is 0.300 e. The molecule has 0 N–H and O–H groups in total. The van der Waals surface area contributed by atoms with Crippen molar-refractivity contribution in [2.24, 2.45) is 0 Å². The Balaban J connectivity index is 2.67. The largest absolute Gasteiger partial charge is 0.416 e. The average molecular weight is 292 g/mol. The van der Waals surface area contributed by atoms with Gasteiger partial charge in [0.05, 0.1) is 16.2 Å². The van der Waals surface area contributed by atoms with E-state index in [1.807, 2.05) is 0 Å². The number of fused-ring (bicyclic) bond motifs is 1. The first-order valence-electron chi connectivity index (χ1n) is 5.55. The van der Waals surface area contributed by atoms with Gasteiger partial charge in [0.25, 0.3) is 0 Å². The predicted molar refractivity (Wildman–Crippen MR) is 61.5 cm³/mol. The highest BCUT2D eigenvalue weighted by molar-refractivity contribution is 7.91. The van der Waals surface area contributed by atoms with E-state index in [0.717, 1.165) is 12.1 Å². The fraction of sp³-hybridized carbons (Fsp3) is 0.417. The van der Waals surface area contributed by atoms with E-state index in [-0.39, 0.29) is 22.7 Å². The fourth-order valence-corrected chi connectivity index (χ4v) is 4.32. The molecule has 1 aliphatic rings. The Morgan fingerprint density at radius 2 is 2.00 bits per heavy atom. The first-order chi connectivity index (χ1) is 8.63. The van der Waals surface area contributed by atoms with Gasteiger partial charge in [-0.05, 0) is 24.6 Å². The number of carbonyl (C=O) groups is 1. The SMILES string of the molecule is CC(=O)CC1CS(=O)(=O)c2cccc(C(F)(F)F)c21. The predicted octanol–water partition coefficient (Wildman–Crippen LogP) is 2.56. The fourth-order valence-electron chi connectivity index (χ4n) is 2.43. The van der Waals surface area contributed by atoms with Crippen molar-refractivity contribution in [2.75, 3.05) is 5.75 Å². The van der Waals surface area contributed by atoms with E-state index in [2.05, 4.69) is 0 Å². The number of Topliss-reactive ketones (excluding diaryl/α,β-unsaturated/α-hetero) is 1. The lowest BCUT2D eigenvalue weighted by Crippen LogP contribution is -2.13. The van der Waals surface area contributed by atoms with Gasteiger partial charge in [-0.2, -0.15) is 13.2 Å². The van der Waals surface area contributed by atoms with Gasteiger partial charge >= 0.3 is 6.18 Å². The van der Waals surface area contributed by atoms with Gasteiger partial charge in [-0.15, -0.1) is 0 Å². The Hall–Kier alpha value is -1.37. The van der Waals surface area contributed by atoms with E-state index in [9.17, 15) is 26.4 Å². The van der Waals surface area contributed by atoms with Crippen molar-refractivity contribution in [1.82, 2.24) is 0 Å². The van der Waals surface area contributed by atoms with E-state index < -0.39 is 33.2 Å². The Kier molecular flexibility index (Phi) is 3.20. The Morgan fingerprint density at radius 3 is 2.53 bits per heavy atom. The summed E-state index contributed by atoms with van der Waals surface area (Å²) >= 11 is 0. The summed E-state index contributed by atoms with van der Waals surface area (Å²) in [7, 11) is -3.74. The lowest BCUT2D eigenvalue weighted by atomic mass is 9.91. The van der Waals surface area contributed by atoms with Gasteiger partial charge in [0.15, 0.2) is 9.84 Å². The van der Waals surface area contributed by atoms with Crippen molar-refractivity contribution in [1.29, 1.82) is 0 Å². The first kappa shape index (κ1) is 14.0. The zero-order valence-electron chi connectivity index (χ0n) is 9.99. The number of halogens is 3. The summed E-state index contributed by atoms with van der Waals surface area (Å²) in [6.45, 7) is 1.24. The molecule has 0 aromatic heterocycles. The van der Waals surface area contributed by atoms with Crippen LogP contribution in [-0.4, -0.2) is 20.0 Å². The lowest BCUT2D eigenvalue weighted by Gasteiger charge is -2.15. The van der Waals surface area contributed by atoms with Gasteiger partial charge < -0.3 is 4.79 Å². The minimum atomic E-state index is -4.62. The number of hydrogen-bond acceptors (Lipinski definition) is 3. The van der Waals surface area contributed by atoms with Crippen LogP contribution in [0.15, 0.2) is 23.1 Å². The van der Waals surface area contributed by atoms with Gasteiger partial charge in [-0.25, -0.2) is 8.42 Å². The molecule has 104 valence electrons. The monoisotopic (exact) mass is 292 g/mol. The highest BCUT2D eigenvalue weighted by Gasteiger charge is 2.43. The summed E-state index contributed by atoms with van der Waals surface area (Å²) in [4.78, 5) is 10.8. The van der Waals surface area contributed by atoms with Gasteiger partial charge in [-0.3, -0.25) is 0 Å². The molecule has 0 bridgehead atoms. The van der Waals surface area contributed by atoms with Crippen molar-refractivity contribution in [3.8, 4) is 0 Å². The Labute approximate surface area is 108 Å². The van der Waals surface area contributed by atoms with Crippen LogP contribution < -0.4 is 0 Å². The zero-order valence-corrected chi connectivity index (χ0v) is 10.8. The molecule has 0 saturated heterocycles. The molecule has 0 aliphatic carbocycles. The Morgan fingerprint density at radius 1 is 1.37 bits per heavy atom. The number of ketones is 1. The second-order valence-corrected chi connectivity index (χ2v) is 6.60. The van der Waals surface area contributed by atoms with Crippen molar-refractivity contribution >= 4 is 15.6 Å². The van der Waals surface area contributed by atoms with Crippen molar-refractivity contribution in [2.45, 2.75) is 30.3 Å². The van der Waals surface area contributed by atoms with Crippen LogP contribution in [0, 0.1) is 0 Å². The van der Waals surface area contributed by atoms with Crippen molar-refractivity contribution in [3.05, 3.63) is 29.3 Å². The maximum Gasteiger partial charge on any atom is 0.416 e. The molecule has 0 fully saturated rings. The van der Waals surface area contributed by atoms with Gasteiger partial charge in [0.1, 0.15) is 5.78 Å². The molecular formula is C12H11F3O3S. The van der Waals surface area contributed by atoms with Crippen LogP contribution in [0.25, 0.3) is 0 Å². The zero-order chi connectivity index (χ0) is 14.4. The van der Waals surface area contributed by atoms with Crippen LogP contribution in [0.2, 0.25) is 0 Å². The molecule has 0 spiro atoms. The maximum absolute atomic E-state index is 12.9. The summed E-state index contributed by atoms with van der Waals surface area (Å²) < 4.78 is 62.5. The lowest BCUT2D eigenvalue weighted by molar-refractivity contribution is -0.138. The molecule has 1 aromatic carbocycles. The molecule has 1 aromatic rings. The van der Waals surface area contributed by atoms with E-state index in [1.165, 1.54) is 13.0 Å². The molecule has 0 saturated carbocycles. The highest BCUT2D eigenvalue weighted by atomic mass is 32.2. The topological polar surface area (TPSA) is 51.2 Å². The van der Waals surface area contributed by atoms with Crippen LogP contribution in [0.3, 0.4) is 0 Å². The molecule has 2 rings (SSSR count). The molecule has 1 heterocycles. The summed E-state index contributed by atoms with van der Waals surface area (Å²) in [5, 5.41) is 0. The second kappa shape index (κ2) is 4.33. The van der Waals surface area contributed by atoms with Crippen LogP contribution in [0.4, 0.5) is 13.2 Å². The third kappa shape index (κ3) is 2.51. The van der Waals surface area contributed by atoms with E-state index >= 15 is 0 Å². The molecule has 7 heteroatoms. The van der Waals surface area contributed by atoms with Crippen LogP contribution in [-0.2, 0) is 20.8 Å².